The van der Waals surface area contributed by atoms with Crippen LogP contribution in [0.3, 0.4) is 0 Å². The third kappa shape index (κ3) is 10.7. The van der Waals surface area contributed by atoms with Gasteiger partial charge in [0.25, 0.3) is 6.71 Å². The van der Waals surface area contributed by atoms with Crippen LogP contribution >= 0.6 is 0 Å². The maximum atomic E-state index is 6.51. The molecule has 2 aromatic heterocycles. The second-order valence-corrected chi connectivity index (χ2v) is 30.1. The van der Waals surface area contributed by atoms with Crippen LogP contribution in [0, 0.1) is 0 Å². The Labute approximate surface area is 608 Å². The highest BCUT2D eigenvalue weighted by molar-refractivity contribution is 7.00. The monoisotopic (exact) mass is 1330 g/mol. The summed E-state index contributed by atoms with van der Waals surface area (Å²) in [5.41, 5.74) is 32.2. The number of hydrogen-bond donors (Lipinski definition) is 0. The first-order valence-corrected chi connectivity index (χ1v) is 36.3. The molecular formula is C98H75BN4O. The summed E-state index contributed by atoms with van der Waals surface area (Å²) < 4.78 is 9.02. The van der Waals surface area contributed by atoms with Crippen LogP contribution in [0.5, 0.6) is 0 Å². The Kier molecular flexibility index (Phi) is 14.7. The van der Waals surface area contributed by atoms with Gasteiger partial charge in [-0.2, -0.15) is 0 Å². The fraction of sp³-hybridized carbons (Fsp3) is 0.0816. The quantitative estimate of drug-likeness (QED) is 0.121. The zero-order valence-electron chi connectivity index (χ0n) is 59.2. The molecule has 0 saturated carbocycles. The highest BCUT2D eigenvalue weighted by Crippen LogP contribution is 2.51. The number of furan rings is 1. The van der Waals surface area contributed by atoms with E-state index in [-0.39, 0.29) is 17.5 Å². The largest absolute Gasteiger partial charge is 0.456 e. The van der Waals surface area contributed by atoms with Crippen molar-refractivity contribution in [3.05, 3.63) is 357 Å². The molecule has 0 radical (unpaired) electrons. The topological polar surface area (TPSA) is 27.8 Å². The lowest BCUT2D eigenvalue weighted by atomic mass is 9.33. The van der Waals surface area contributed by atoms with Gasteiger partial charge in [0.05, 0.1) is 16.7 Å². The number of aromatic nitrogens is 1. The lowest BCUT2D eigenvalue weighted by molar-refractivity contribution is 0.590. The Bertz CT molecular complexity index is 5960. The van der Waals surface area contributed by atoms with Crippen LogP contribution in [0.25, 0.3) is 105 Å². The van der Waals surface area contributed by atoms with Crippen LogP contribution in [0.2, 0.25) is 0 Å². The number of rotatable bonds is 11. The average Bonchev–Trinajstić information content (AvgIpc) is 0.873. The van der Waals surface area contributed by atoms with Gasteiger partial charge in [-0.05, 0) is 215 Å². The van der Waals surface area contributed by atoms with Crippen molar-refractivity contribution in [3.63, 3.8) is 0 Å². The Balaban J connectivity index is 0.954. The van der Waals surface area contributed by atoms with E-state index in [1.807, 2.05) is 0 Å². The molecule has 0 unspecified atom stereocenters. The molecule has 104 heavy (non-hydrogen) atoms. The first kappa shape index (κ1) is 62.4. The molecule has 2 aliphatic heterocycles. The standard InChI is InChI=1S/C98H75BN4O/c1-97(2,3)74-41-45-76(46-42-74)100(77-47-43-75(44-48-77)98(4,5)6)78-49-51-87-91(61-78)103(80-57-72(66-29-15-9-16-30-66)54-73(58-80)67-31-17-10-18-32-67)93-63-81(101-88-36-22-19-33-82(88)83-34-20-23-37-89(83)101)62-92-96(93)99(87)86-50-39-69(68-40-52-95-85(59-68)84-35-21-24-38-94(84)104-95)60-90(86)102(92)79-55-70(64-25-11-7-12-26-64)53-71(56-79)65-27-13-8-14-28-65/h7-63H,1-6H3. The van der Waals surface area contributed by atoms with E-state index in [0.717, 1.165) is 145 Å². The van der Waals surface area contributed by atoms with E-state index in [4.69, 9.17) is 4.42 Å². The van der Waals surface area contributed by atoms with E-state index in [2.05, 4.69) is 407 Å². The summed E-state index contributed by atoms with van der Waals surface area (Å²) in [7, 11) is 0. The molecule has 2 aliphatic rings. The third-order valence-corrected chi connectivity index (χ3v) is 21.6. The molecule has 5 nitrogen and oxygen atoms in total. The van der Waals surface area contributed by atoms with E-state index in [1.165, 1.54) is 38.3 Å². The van der Waals surface area contributed by atoms with Gasteiger partial charge in [0.2, 0.25) is 0 Å². The second kappa shape index (κ2) is 24.6. The van der Waals surface area contributed by atoms with Gasteiger partial charge in [0.15, 0.2) is 0 Å². The molecule has 0 fully saturated rings. The van der Waals surface area contributed by atoms with Gasteiger partial charge in [-0.15, -0.1) is 0 Å². The number of benzene rings is 15. The molecule has 6 heteroatoms. The second-order valence-electron chi connectivity index (χ2n) is 30.1. The van der Waals surface area contributed by atoms with E-state index in [1.54, 1.807) is 0 Å². The summed E-state index contributed by atoms with van der Waals surface area (Å²) in [6.45, 7) is 13.5. The van der Waals surface area contributed by atoms with Crippen molar-refractivity contribution >= 4 is 118 Å². The molecule has 0 spiro atoms. The number of hydrogen-bond acceptors (Lipinski definition) is 4. The van der Waals surface area contributed by atoms with Crippen LogP contribution in [0.15, 0.2) is 350 Å². The fourth-order valence-corrected chi connectivity index (χ4v) is 16.4. The van der Waals surface area contributed by atoms with Crippen molar-refractivity contribution in [2.45, 2.75) is 52.4 Å². The lowest BCUT2D eigenvalue weighted by Gasteiger charge is -2.45. The minimum absolute atomic E-state index is 0.0366. The summed E-state index contributed by atoms with van der Waals surface area (Å²) >= 11 is 0. The van der Waals surface area contributed by atoms with E-state index >= 15 is 0 Å². The average molecular weight is 1340 g/mol. The van der Waals surface area contributed by atoms with Crippen LogP contribution in [0.1, 0.15) is 52.7 Å². The van der Waals surface area contributed by atoms with Crippen molar-refractivity contribution in [1.82, 2.24) is 4.57 Å². The molecule has 0 aliphatic carbocycles. The molecule has 15 aromatic carbocycles. The van der Waals surface area contributed by atoms with Gasteiger partial charge in [-0.3, -0.25) is 0 Å². The first-order chi connectivity index (χ1) is 50.8. The number of nitrogens with zero attached hydrogens (tertiary/aromatic N) is 4. The lowest BCUT2D eigenvalue weighted by Crippen LogP contribution is -2.61. The highest BCUT2D eigenvalue weighted by Gasteiger charge is 2.45. The van der Waals surface area contributed by atoms with Crippen molar-refractivity contribution in [1.29, 1.82) is 0 Å². The number of para-hydroxylation sites is 3. The fourth-order valence-electron chi connectivity index (χ4n) is 16.4. The van der Waals surface area contributed by atoms with Crippen molar-refractivity contribution in [2.24, 2.45) is 0 Å². The van der Waals surface area contributed by atoms with E-state index in [9.17, 15) is 0 Å². The predicted molar refractivity (Wildman–Crippen MR) is 441 cm³/mol. The minimum Gasteiger partial charge on any atom is -0.456 e. The summed E-state index contributed by atoms with van der Waals surface area (Å²) in [5, 5.41) is 4.59. The van der Waals surface area contributed by atoms with Crippen molar-refractivity contribution < 1.29 is 4.42 Å². The summed E-state index contributed by atoms with van der Waals surface area (Å²) in [6, 6.07) is 129. The molecule has 4 heterocycles. The molecule has 496 valence electrons. The zero-order chi connectivity index (χ0) is 70.0. The van der Waals surface area contributed by atoms with Crippen LogP contribution in [-0.4, -0.2) is 11.3 Å². The van der Waals surface area contributed by atoms with Crippen molar-refractivity contribution in [2.75, 3.05) is 14.7 Å². The van der Waals surface area contributed by atoms with Gasteiger partial charge >= 0.3 is 0 Å². The van der Waals surface area contributed by atoms with Gasteiger partial charge in [-0.25, -0.2) is 0 Å². The normalized spacial score (nSPS) is 12.7. The highest BCUT2D eigenvalue weighted by atomic mass is 16.3. The van der Waals surface area contributed by atoms with Crippen LogP contribution in [-0.2, 0) is 10.8 Å². The molecule has 0 bridgehead atoms. The van der Waals surface area contributed by atoms with E-state index < -0.39 is 0 Å². The summed E-state index contributed by atoms with van der Waals surface area (Å²) in [6.07, 6.45) is 0. The van der Waals surface area contributed by atoms with Gasteiger partial charge < -0.3 is 23.7 Å². The Hall–Kier alpha value is -12.6. The Morgan fingerprint density at radius 1 is 0.269 bits per heavy atom. The molecule has 19 rings (SSSR count). The zero-order valence-corrected chi connectivity index (χ0v) is 59.2. The van der Waals surface area contributed by atoms with Gasteiger partial charge in [-0.1, -0.05) is 266 Å². The first-order valence-electron chi connectivity index (χ1n) is 36.3. The van der Waals surface area contributed by atoms with Gasteiger partial charge in [0, 0.05) is 72.7 Å². The maximum Gasteiger partial charge on any atom is 0.252 e. The Morgan fingerprint density at radius 2 is 0.654 bits per heavy atom. The molecule has 0 atom stereocenters. The minimum atomic E-state index is -0.254. The SMILES string of the molecule is CC(C)(C)c1ccc(N(c2ccc(C(C)(C)C)cc2)c2ccc3c(c2)N(c2cc(-c4ccccc4)cc(-c4ccccc4)c2)c2cc(-n4c5ccccc5c5ccccc54)cc4c2B3c2ccc(-c3ccc5oc6ccccc6c5c3)cc2N4c2cc(-c3ccccc3)cc(-c3ccccc3)c2)cc1. The molecule has 0 N–H and O–H groups in total. The molecular weight excluding hydrogens is 1260 g/mol. The molecule has 17 aromatic rings. The van der Waals surface area contributed by atoms with Crippen molar-refractivity contribution in [3.8, 4) is 61.3 Å². The number of anilines is 9. The van der Waals surface area contributed by atoms with Crippen LogP contribution < -0.4 is 31.1 Å². The number of fused-ring (bicyclic) bond motifs is 10. The van der Waals surface area contributed by atoms with Crippen LogP contribution in [0.4, 0.5) is 51.2 Å². The Morgan fingerprint density at radius 3 is 1.12 bits per heavy atom. The maximum absolute atomic E-state index is 6.51. The predicted octanol–water partition coefficient (Wildman–Crippen LogP) is 25.2. The molecule has 0 amide bonds. The molecule has 0 saturated heterocycles. The summed E-state index contributed by atoms with van der Waals surface area (Å²) in [4.78, 5) is 7.72. The summed E-state index contributed by atoms with van der Waals surface area (Å²) in [5.74, 6) is 0. The van der Waals surface area contributed by atoms with E-state index in [0.29, 0.717) is 0 Å². The third-order valence-electron chi connectivity index (χ3n) is 21.6. The smallest absolute Gasteiger partial charge is 0.252 e. The van der Waals surface area contributed by atoms with Gasteiger partial charge in [0.1, 0.15) is 11.2 Å².